The zero-order valence-electron chi connectivity index (χ0n) is 16.7. The first-order valence-electron chi connectivity index (χ1n) is 9.03. The molecule has 1 atom stereocenters. The molecular formula is C21H22N2O6S. The second-order valence-corrected chi connectivity index (χ2v) is 8.06. The molecule has 0 heterocycles. The number of ether oxygens (including phenoxy) is 3. The fourth-order valence-electron chi connectivity index (χ4n) is 2.76. The smallest absolute Gasteiger partial charge is 0.275 e. The summed E-state index contributed by atoms with van der Waals surface area (Å²) in [4.78, 5) is 14.3. The molecule has 0 bridgehead atoms. The van der Waals surface area contributed by atoms with Crippen molar-refractivity contribution in [3.63, 3.8) is 0 Å². The normalized spacial score (nSPS) is 12.2. The Labute approximate surface area is 174 Å². The Bertz CT molecular complexity index is 1160. The van der Waals surface area contributed by atoms with E-state index < -0.39 is 22.0 Å². The maximum atomic E-state index is 12.5. The van der Waals surface area contributed by atoms with E-state index in [4.69, 9.17) is 14.2 Å². The van der Waals surface area contributed by atoms with E-state index in [0.29, 0.717) is 11.5 Å². The first-order chi connectivity index (χ1) is 14.3. The molecule has 0 aromatic heterocycles. The van der Waals surface area contributed by atoms with Gasteiger partial charge in [0.1, 0.15) is 5.75 Å². The van der Waals surface area contributed by atoms with Gasteiger partial charge in [-0.1, -0.05) is 30.3 Å². The molecule has 9 heteroatoms. The van der Waals surface area contributed by atoms with Crippen molar-refractivity contribution < 1.29 is 27.4 Å². The van der Waals surface area contributed by atoms with E-state index in [0.717, 1.165) is 10.8 Å². The number of sulfonamides is 1. The van der Waals surface area contributed by atoms with Gasteiger partial charge in [0.15, 0.2) is 17.6 Å². The number of nitrogens with one attached hydrogen (secondary N) is 2. The topological polar surface area (TPSA) is 103 Å². The molecule has 0 aliphatic rings. The fourth-order valence-corrected chi connectivity index (χ4v) is 3.62. The monoisotopic (exact) mass is 430 g/mol. The minimum absolute atomic E-state index is 0.0939. The van der Waals surface area contributed by atoms with Crippen molar-refractivity contribution in [1.29, 1.82) is 0 Å². The highest BCUT2D eigenvalue weighted by molar-refractivity contribution is 7.89. The second-order valence-electron chi connectivity index (χ2n) is 6.38. The SMILES string of the molecule is COc1ccc(S(=O)(=O)NNC(=O)C(C)Oc2ccc3ccccc3c2)cc1OC. The van der Waals surface area contributed by atoms with Crippen LogP contribution in [0.2, 0.25) is 0 Å². The summed E-state index contributed by atoms with van der Waals surface area (Å²) in [6.07, 6.45) is -0.931. The molecule has 3 aromatic carbocycles. The average Bonchev–Trinajstić information content (AvgIpc) is 2.76. The van der Waals surface area contributed by atoms with Crippen molar-refractivity contribution in [2.75, 3.05) is 14.2 Å². The van der Waals surface area contributed by atoms with Crippen LogP contribution in [0.5, 0.6) is 17.2 Å². The highest BCUT2D eigenvalue weighted by Crippen LogP contribution is 2.29. The van der Waals surface area contributed by atoms with Crippen LogP contribution in [0.1, 0.15) is 6.92 Å². The number of benzene rings is 3. The maximum absolute atomic E-state index is 12.5. The average molecular weight is 430 g/mol. The van der Waals surface area contributed by atoms with Gasteiger partial charge in [-0.3, -0.25) is 10.2 Å². The van der Waals surface area contributed by atoms with E-state index in [1.807, 2.05) is 36.4 Å². The molecule has 3 rings (SSSR count). The Morgan fingerprint density at radius 3 is 2.30 bits per heavy atom. The summed E-state index contributed by atoms with van der Waals surface area (Å²) in [7, 11) is -1.18. The summed E-state index contributed by atoms with van der Waals surface area (Å²) >= 11 is 0. The number of methoxy groups -OCH3 is 2. The van der Waals surface area contributed by atoms with Gasteiger partial charge in [0, 0.05) is 6.07 Å². The van der Waals surface area contributed by atoms with E-state index in [1.54, 1.807) is 6.07 Å². The molecule has 0 radical (unpaired) electrons. The molecule has 0 saturated carbocycles. The summed E-state index contributed by atoms with van der Waals surface area (Å²) in [5.74, 6) is 0.490. The van der Waals surface area contributed by atoms with Gasteiger partial charge in [-0.2, -0.15) is 0 Å². The van der Waals surface area contributed by atoms with Gasteiger partial charge in [0.2, 0.25) is 0 Å². The number of hydrogen-bond acceptors (Lipinski definition) is 6. The number of fused-ring (bicyclic) bond motifs is 1. The second kappa shape index (κ2) is 9.02. The van der Waals surface area contributed by atoms with Crippen LogP contribution in [0.4, 0.5) is 0 Å². The van der Waals surface area contributed by atoms with Crippen LogP contribution in [-0.2, 0) is 14.8 Å². The van der Waals surface area contributed by atoms with E-state index in [9.17, 15) is 13.2 Å². The molecule has 1 amide bonds. The van der Waals surface area contributed by atoms with Crippen LogP contribution in [0, 0.1) is 0 Å². The lowest BCUT2D eigenvalue weighted by molar-refractivity contribution is -0.127. The quantitative estimate of drug-likeness (QED) is 0.533. The van der Waals surface area contributed by atoms with Crippen LogP contribution in [0.25, 0.3) is 10.8 Å². The largest absolute Gasteiger partial charge is 0.493 e. The number of amides is 1. The Morgan fingerprint density at radius 1 is 0.900 bits per heavy atom. The molecule has 30 heavy (non-hydrogen) atoms. The van der Waals surface area contributed by atoms with Crippen LogP contribution in [0.3, 0.4) is 0 Å². The zero-order valence-corrected chi connectivity index (χ0v) is 17.5. The van der Waals surface area contributed by atoms with Crippen molar-refractivity contribution in [3.8, 4) is 17.2 Å². The molecule has 0 spiro atoms. The molecule has 0 saturated heterocycles. The van der Waals surface area contributed by atoms with Crippen LogP contribution < -0.4 is 24.5 Å². The molecule has 158 valence electrons. The summed E-state index contributed by atoms with van der Waals surface area (Å²) in [5.41, 5.74) is 2.17. The lowest BCUT2D eigenvalue weighted by Crippen LogP contribution is -2.47. The lowest BCUT2D eigenvalue weighted by atomic mass is 10.1. The van der Waals surface area contributed by atoms with Gasteiger partial charge in [0.05, 0.1) is 19.1 Å². The minimum atomic E-state index is -4.02. The number of carbonyl (C=O) groups is 1. The first-order valence-corrected chi connectivity index (χ1v) is 10.5. The molecule has 3 aromatic rings. The molecular weight excluding hydrogens is 408 g/mol. The summed E-state index contributed by atoms with van der Waals surface area (Å²) < 4.78 is 40.8. The van der Waals surface area contributed by atoms with Crippen LogP contribution in [-0.4, -0.2) is 34.6 Å². The zero-order chi connectivity index (χ0) is 21.7. The number of hydrazine groups is 1. The van der Waals surface area contributed by atoms with Gasteiger partial charge in [-0.15, -0.1) is 4.83 Å². The van der Waals surface area contributed by atoms with Crippen molar-refractivity contribution >= 4 is 26.7 Å². The Hall–Kier alpha value is -3.30. The van der Waals surface area contributed by atoms with E-state index >= 15 is 0 Å². The van der Waals surface area contributed by atoms with Gasteiger partial charge in [0.25, 0.3) is 15.9 Å². The molecule has 1 unspecified atom stereocenters. The third-order valence-electron chi connectivity index (χ3n) is 4.38. The molecule has 0 aliphatic heterocycles. The highest BCUT2D eigenvalue weighted by atomic mass is 32.2. The Balaban J connectivity index is 1.64. The van der Waals surface area contributed by atoms with Crippen molar-refractivity contribution in [3.05, 3.63) is 60.7 Å². The number of hydrogen-bond donors (Lipinski definition) is 2. The van der Waals surface area contributed by atoms with E-state index in [2.05, 4.69) is 10.3 Å². The van der Waals surface area contributed by atoms with E-state index in [1.165, 1.54) is 39.3 Å². The van der Waals surface area contributed by atoms with Crippen molar-refractivity contribution in [1.82, 2.24) is 10.3 Å². The third kappa shape index (κ3) is 4.81. The fraction of sp³-hybridized carbons (Fsp3) is 0.190. The summed E-state index contributed by atoms with van der Waals surface area (Å²) in [6.45, 7) is 1.52. The van der Waals surface area contributed by atoms with Crippen molar-refractivity contribution in [2.45, 2.75) is 17.9 Å². The predicted octanol–water partition coefficient (Wildman–Crippen LogP) is 2.63. The number of rotatable bonds is 8. The highest BCUT2D eigenvalue weighted by Gasteiger charge is 2.21. The molecule has 2 N–H and O–H groups in total. The summed E-state index contributed by atoms with van der Waals surface area (Å²) in [6, 6.07) is 17.3. The Kier molecular flexibility index (Phi) is 6.43. The first kappa shape index (κ1) is 21.4. The van der Waals surface area contributed by atoms with Crippen LogP contribution in [0.15, 0.2) is 65.6 Å². The minimum Gasteiger partial charge on any atom is -0.493 e. The van der Waals surface area contributed by atoms with Crippen LogP contribution >= 0.6 is 0 Å². The standard InChI is InChI=1S/C21H22N2O6S/c1-14(29-17-9-8-15-6-4-5-7-16(15)12-17)21(24)22-23-30(25,26)18-10-11-19(27-2)20(13-18)28-3/h4-14,23H,1-3H3,(H,22,24). The van der Waals surface area contributed by atoms with Crippen molar-refractivity contribution in [2.24, 2.45) is 0 Å². The third-order valence-corrected chi connectivity index (χ3v) is 5.62. The van der Waals surface area contributed by atoms with Gasteiger partial charge in [-0.05, 0) is 42.0 Å². The van der Waals surface area contributed by atoms with Gasteiger partial charge in [-0.25, -0.2) is 8.42 Å². The number of carbonyl (C=O) groups excluding carboxylic acids is 1. The molecule has 0 aliphatic carbocycles. The van der Waals surface area contributed by atoms with Gasteiger partial charge >= 0.3 is 0 Å². The van der Waals surface area contributed by atoms with E-state index in [-0.39, 0.29) is 10.6 Å². The molecule has 0 fully saturated rings. The maximum Gasteiger partial charge on any atom is 0.275 e. The van der Waals surface area contributed by atoms with Gasteiger partial charge < -0.3 is 14.2 Å². The Morgan fingerprint density at radius 2 is 1.60 bits per heavy atom. The predicted molar refractivity (Wildman–Crippen MR) is 112 cm³/mol. The summed E-state index contributed by atoms with van der Waals surface area (Å²) in [5, 5.41) is 2.02. The lowest BCUT2D eigenvalue weighted by Gasteiger charge is -2.16. The molecule has 8 nitrogen and oxygen atoms in total.